The van der Waals surface area contributed by atoms with Gasteiger partial charge in [0.15, 0.2) is 0 Å². The van der Waals surface area contributed by atoms with Gasteiger partial charge in [0.25, 0.3) is 0 Å². The Morgan fingerprint density at radius 2 is 1.75 bits per heavy atom. The van der Waals surface area contributed by atoms with Crippen molar-refractivity contribution in [3.05, 3.63) is 91.3 Å². The fraction of sp³-hybridized carbons (Fsp3) is 0.229. The topological polar surface area (TPSA) is 97.5 Å². The molecule has 6 rings (SSSR count). The molecule has 2 aromatic carbocycles. The van der Waals surface area contributed by atoms with Crippen LogP contribution >= 0.6 is 0 Å². The van der Waals surface area contributed by atoms with Gasteiger partial charge in [-0.2, -0.15) is 5.10 Å². The van der Waals surface area contributed by atoms with Crippen molar-refractivity contribution >= 4 is 33.2 Å². The normalized spacial score (nSPS) is 11.9. The molecule has 8 nitrogen and oxygen atoms in total. The average molecular weight is 589 g/mol. The zero-order chi connectivity index (χ0) is 31.0. The summed E-state index contributed by atoms with van der Waals surface area (Å²) >= 11 is 0. The number of benzene rings is 2. The molecule has 0 radical (unpaired) electrons. The molecule has 4 heterocycles. The van der Waals surface area contributed by atoms with E-state index in [1.165, 1.54) is 6.07 Å². The van der Waals surface area contributed by atoms with Gasteiger partial charge in [0.1, 0.15) is 11.5 Å². The van der Waals surface area contributed by atoms with E-state index in [9.17, 15) is 4.39 Å². The summed E-state index contributed by atoms with van der Waals surface area (Å²) in [6, 6.07) is 17.3. The fourth-order valence-corrected chi connectivity index (χ4v) is 5.10. The van der Waals surface area contributed by atoms with Crippen LogP contribution in [0.4, 0.5) is 15.8 Å². The molecule has 0 unspecified atom stereocenters. The number of allylic oxidation sites excluding steroid dienone is 1. The molecule has 0 aliphatic carbocycles. The van der Waals surface area contributed by atoms with E-state index in [4.69, 9.17) is 0 Å². The van der Waals surface area contributed by atoms with E-state index in [-0.39, 0.29) is 11.2 Å². The molecule has 0 saturated carbocycles. The van der Waals surface area contributed by atoms with E-state index in [0.29, 0.717) is 0 Å². The van der Waals surface area contributed by atoms with Crippen LogP contribution in [0.5, 0.6) is 0 Å². The second kappa shape index (κ2) is 11.6. The molecule has 0 fully saturated rings. The third-order valence-electron chi connectivity index (χ3n) is 7.70. The van der Waals surface area contributed by atoms with Crippen molar-refractivity contribution in [2.75, 3.05) is 37.8 Å². The number of hydrogen-bond donors (Lipinski definition) is 4. The van der Waals surface area contributed by atoms with Crippen LogP contribution in [0.15, 0.2) is 85.5 Å². The average Bonchev–Trinajstić information content (AvgIpc) is 3.60. The van der Waals surface area contributed by atoms with Crippen molar-refractivity contribution < 1.29 is 4.39 Å². The molecule has 9 heteroatoms. The molecule has 4 N–H and O–H groups in total. The number of halogens is 1. The molecule has 0 amide bonds. The van der Waals surface area contributed by atoms with Gasteiger partial charge in [0, 0.05) is 57.9 Å². The lowest BCUT2D eigenvalue weighted by Crippen LogP contribution is -2.20. The Balaban J connectivity index is 1.35. The summed E-state index contributed by atoms with van der Waals surface area (Å²) < 4.78 is 14.7. The molecule has 6 aromatic rings. The highest BCUT2D eigenvalue weighted by molar-refractivity contribution is 6.01. The van der Waals surface area contributed by atoms with Gasteiger partial charge >= 0.3 is 0 Å². The van der Waals surface area contributed by atoms with E-state index in [1.807, 2.05) is 50.5 Å². The van der Waals surface area contributed by atoms with Crippen LogP contribution in [0.2, 0.25) is 0 Å². The highest BCUT2D eigenvalue weighted by Crippen LogP contribution is 2.36. The van der Waals surface area contributed by atoms with Gasteiger partial charge in [-0.3, -0.25) is 15.1 Å². The van der Waals surface area contributed by atoms with Crippen molar-refractivity contribution in [1.29, 1.82) is 0 Å². The zero-order valence-electron chi connectivity index (χ0n) is 25.7. The summed E-state index contributed by atoms with van der Waals surface area (Å²) in [5.74, 6) is -0.280. The number of H-pyrrole nitrogens is 2. The monoisotopic (exact) mass is 588 g/mol. The number of nitrogens with zero attached hydrogens (tertiary/aromatic N) is 4. The Morgan fingerprint density at radius 1 is 0.932 bits per heavy atom. The quantitative estimate of drug-likeness (QED) is 0.137. The van der Waals surface area contributed by atoms with Crippen LogP contribution in [-0.4, -0.2) is 57.2 Å². The van der Waals surface area contributed by atoms with Crippen molar-refractivity contribution in [2.24, 2.45) is 5.41 Å². The molecular formula is C35H37FN8. The minimum atomic E-state index is -0.280. The summed E-state index contributed by atoms with van der Waals surface area (Å²) in [6.45, 7) is 12.1. The van der Waals surface area contributed by atoms with Gasteiger partial charge in [-0.1, -0.05) is 39.5 Å². The Hall–Kier alpha value is -5.02. The summed E-state index contributed by atoms with van der Waals surface area (Å²) in [4.78, 5) is 14.7. The van der Waals surface area contributed by atoms with Crippen LogP contribution in [0.1, 0.15) is 20.8 Å². The third kappa shape index (κ3) is 6.05. The summed E-state index contributed by atoms with van der Waals surface area (Å²) in [7, 11) is 4.03. The Morgan fingerprint density at radius 3 is 2.55 bits per heavy atom. The Labute approximate surface area is 256 Å². The number of fused-ring (bicyclic) bond motifs is 2. The lowest BCUT2D eigenvalue weighted by molar-refractivity contribution is 0.425. The SMILES string of the molecule is C=C(Nc1cncc(-c2cc3c(-c4cc5c(-c6cc(F)cc(NCCN(C)C)c6)cccc5[nH]4)n[nH]c3cn2)c1)C(C)(C)C. The number of likely N-dealkylation sites (N-methyl/N-ethyl adjacent to an activating group) is 1. The number of hydrogen-bond acceptors (Lipinski definition) is 6. The molecule has 44 heavy (non-hydrogen) atoms. The van der Waals surface area contributed by atoms with Crippen molar-refractivity contribution in [1.82, 2.24) is 30.0 Å². The maximum absolute atomic E-state index is 14.7. The van der Waals surface area contributed by atoms with Gasteiger partial charge in [-0.25, -0.2) is 4.39 Å². The molecule has 0 atom stereocenters. The molecule has 0 aliphatic rings. The van der Waals surface area contributed by atoms with E-state index < -0.39 is 0 Å². The van der Waals surface area contributed by atoms with Crippen LogP contribution < -0.4 is 10.6 Å². The van der Waals surface area contributed by atoms with Crippen LogP contribution in [0, 0.1) is 11.2 Å². The van der Waals surface area contributed by atoms with E-state index in [0.717, 1.165) is 85.7 Å². The minimum absolute atomic E-state index is 0.0852. The van der Waals surface area contributed by atoms with E-state index in [1.54, 1.807) is 24.7 Å². The lowest BCUT2D eigenvalue weighted by Gasteiger charge is -2.23. The highest BCUT2D eigenvalue weighted by Gasteiger charge is 2.17. The predicted molar refractivity (Wildman–Crippen MR) is 179 cm³/mol. The smallest absolute Gasteiger partial charge is 0.125 e. The second-order valence-corrected chi connectivity index (χ2v) is 12.4. The standard InChI is InChI=1S/C35H37FN8/c1-21(35(2,3)4)40-26-14-23(18-37-19-26)31-17-29-33(20-39-31)42-43-34(29)32-16-28-27(8-7-9-30(28)41-32)22-12-24(36)15-25(13-22)38-10-11-44(5)6/h7-9,12-20,38,40-41H,1,10-11H2,2-6H3,(H,42,43). The molecule has 0 aliphatic heterocycles. The van der Waals surface area contributed by atoms with Gasteiger partial charge in [-0.15, -0.1) is 0 Å². The number of aromatic nitrogens is 5. The highest BCUT2D eigenvalue weighted by atomic mass is 19.1. The summed E-state index contributed by atoms with van der Waals surface area (Å²) in [5, 5.41) is 16.4. The molecule has 0 saturated heterocycles. The molecule has 0 spiro atoms. The first kappa shape index (κ1) is 29.1. The predicted octanol–water partition coefficient (Wildman–Crippen LogP) is 7.92. The first-order valence-electron chi connectivity index (χ1n) is 14.6. The number of nitrogens with one attached hydrogen (secondary N) is 4. The van der Waals surface area contributed by atoms with Gasteiger partial charge in [-0.05, 0) is 67.7 Å². The van der Waals surface area contributed by atoms with E-state index >= 15 is 0 Å². The molecule has 0 bridgehead atoms. The first-order chi connectivity index (χ1) is 21.0. The Kier molecular flexibility index (Phi) is 7.65. The van der Waals surface area contributed by atoms with Crippen molar-refractivity contribution in [2.45, 2.75) is 20.8 Å². The van der Waals surface area contributed by atoms with Crippen LogP contribution in [-0.2, 0) is 0 Å². The zero-order valence-corrected chi connectivity index (χ0v) is 25.7. The molecule has 224 valence electrons. The van der Waals surface area contributed by atoms with Crippen LogP contribution in [0.3, 0.4) is 0 Å². The molecular weight excluding hydrogens is 551 g/mol. The first-order valence-corrected chi connectivity index (χ1v) is 14.6. The van der Waals surface area contributed by atoms with Crippen molar-refractivity contribution in [3.8, 4) is 33.8 Å². The Bertz CT molecular complexity index is 1980. The second-order valence-electron chi connectivity index (χ2n) is 12.4. The number of anilines is 2. The maximum atomic E-state index is 14.7. The van der Waals surface area contributed by atoms with Gasteiger partial charge in [0.05, 0.1) is 35.0 Å². The molecule has 4 aromatic heterocycles. The van der Waals surface area contributed by atoms with Crippen molar-refractivity contribution in [3.63, 3.8) is 0 Å². The number of aromatic amines is 2. The summed E-state index contributed by atoms with van der Waals surface area (Å²) in [5.41, 5.74) is 9.23. The maximum Gasteiger partial charge on any atom is 0.125 e. The largest absolute Gasteiger partial charge is 0.384 e. The lowest BCUT2D eigenvalue weighted by atomic mass is 9.93. The number of pyridine rings is 2. The third-order valence-corrected chi connectivity index (χ3v) is 7.70. The summed E-state index contributed by atoms with van der Waals surface area (Å²) in [6.07, 6.45) is 5.38. The van der Waals surface area contributed by atoms with Gasteiger partial charge < -0.3 is 20.5 Å². The minimum Gasteiger partial charge on any atom is -0.384 e. The van der Waals surface area contributed by atoms with E-state index in [2.05, 4.69) is 74.1 Å². The van der Waals surface area contributed by atoms with Crippen LogP contribution in [0.25, 0.3) is 55.6 Å². The fourth-order valence-electron chi connectivity index (χ4n) is 5.10. The number of rotatable bonds is 9. The van der Waals surface area contributed by atoms with Gasteiger partial charge in [0.2, 0.25) is 0 Å².